The zero-order valence-corrected chi connectivity index (χ0v) is 10.1. The fraction of sp³-hybridized carbons (Fsp3) is 0.467. The van der Waals surface area contributed by atoms with E-state index >= 15 is 0 Å². The predicted molar refractivity (Wildman–Crippen MR) is 66.2 cm³/mol. The van der Waals surface area contributed by atoms with Crippen molar-refractivity contribution in [2.45, 2.75) is 19.3 Å². The molecule has 0 unspecified atom stereocenters. The van der Waals surface area contributed by atoms with Gasteiger partial charge in [0.1, 0.15) is 0 Å². The number of aliphatic carboxylic acids is 1. The zero-order valence-electron chi connectivity index (χ0n) is 10.1. The number of carbonyl (C=O) groups is 2. The maximum absolute atomic E-state index is 12.5. The second-order valence-electron chi connectivity index (χ2n) is 5.45. The minimum absolute atomic E-state index is 0.0233. The average Bonchev–Trinajstić information content (AvgIpc) is 2.99. The molecular formula is C15H16O3. The molecular weight excluding hydrogens is 228 g/mol. The Kier molecular flexibility index (Phi) is 2.69. The summed E-state index contributed by atoms with van der Waals surface area (Å²) in [5.41, 5.74) is 0.654. The van der Waals surface area contributed by atoms with E-state index in [4.69, 9.17) is 0 Å². The summed E-state index contributed by atoms with van der Waals surface area (Å²) in [6.45, 7) is 0. The van der Waals surface area contributed by atoms with Gasteiger partial charge in [-0.1, -0.05) is 30.3 Å². The molecule has 18 heavy (non-hydrogen) atoms. The summed E-state index contributed by atoms with van der Waals surface area (Å²) in [5, 5.41) is 9.35. The Bertz CT molecular complexity index is 480. The normalized spacial score (nSPS) is 33.6. The number of carboxylic acids is 1. The van der Waals surface area contributed by atoms with Crippen LogP contribution >= 0.6 is 0 Å². The molecule has 1 aromatic rings. The lowest BCUT2D eigenvalue weighted by Crippen LogP contribution is -2.34. The number of hydrogen-bond acceptors (Lipinski definition) is 2. The molecule has 3 heteroatoms. The molecule has 3 rings (SSSR count). The quantitative estimate of drug-likeness (QED) is 0.831. The van der Waals surface area contributed by atoms with Crippen molar-refractivity contribution in [1.29, 1.82) is 0 Å². The van der Waals surface area contributed by atoms with Crippen LogP contribution in [0, 0.1) is 23.7 Å². The van der Waals surface area contributed by atoms with Crippen LogP contribution in [0.4, 0.5) is 0 Å². The lowest BCUT2D eigenvalue weighted by atomic mass is 9.75. The van der Waals surface area contributed by atoms with E-state index in [9.17, 15) is 14.7 Å². The standard InChI is InChI=1S/C15H16O3/c16-14(9-4-2-1-3-5-9)12-10-6-7-11(8-10)13(12)15(17)18/h1-5,10-13H,6-8H2,(H,17,18)/t10-,11-,12-,13+/m0/s1. The molecule has 0 saturated heterocycles. The van der Waals surface area contributed by atoms with Crippen LogP contribution < -0.4 is 0 Å². The Labute approximate surface area is 106 Å². The molecule has 2 fully saturated rings. The van der Waals surface area contributed by atoms with Crippen LogP contribution in [0.5, 0.6) is 0 Å². The fourth-order valence-electron chi connectivity index (χ4n) is 3.82. The lowest BCUT2D eigenvalue weighted by Gasteiger charge is -2.26. The second-order valence-corrected chi connectivity index (χ2v) is 5.45. The molecule has 0 amide bonds. The van der Waals surface area contributed by atoms with Crippen LogP contribution in [-0.2, 0) is 4.79 Å². The van der Waals surface area contributed by atoms with E-state index in [2.05, 4.69) is 0 Å². The van der Waals surface area contributed by atoms with E-state index in [0.29, 0.717) is 5.56 Å². The average molecular weight is 244 g/mol. The summed E-state index contributed by atoms with van der Waals surface area (Å²) >= 11 is 0. The molecule has 0 heterocycles. The van der Waals surface area contributed by atoms with Gasteiger partial charge in [0.05, 0.1) is 5.92 Å². The van der Waals surface area contributed by atoms with E-state index in [0.717, 1.165) is 19.3 Å². The van der Waals surface area contributed by atoms with Gasteiger partial charge in [-0.25, -0.2) is 0 Å². The van der Waals surface area contributed by atoms with Crippen molar-refractivity contribution < 1.29 is 14.7 Å². The van der Waals surface area contributed by atoms with E-state index in [-0.39, 0.29) is 23.5 Å². The molecule has 0 aliphatic heterocycles. The number of Topliss-reactive ketones (excluding diaryl/α,β-unsaturated/α-hetero) is 1. The predicted octanol–water partition coefficient (Wildman–Crippen LogP) is 2.62. The first-order chi connectivity index (χ1) is 8.68. The monoisotopic (exact) mass is 244 g/mol. The highest BCUT2D eigenvalue weighted by Crippen LogP contribution is 2.53. The molecule has 1 N–H and O–H groups in total. The van der Waals surface area contributed by atoms with Gasteiger partial charge in [-0.05, 0) is 31.1 Å². The van der Waals surface area contributed by atoms with Gasteiger partial charge in [0.2, 0.25) is 0 Å². The number of carboxylic acid groups (broad SMARTS) is 1. The van der Waals surface area contributed by atoms with E-state index in [1.807, 2.05) is 18.2 Å². The third kappa shape index (κ3) is 1.65. The Balaban J connectivity index is 1.91. The van der Waals surface area contributed by atoms with Crippen molar-refractivity contribution in [1.82, 2.24) is 0 Å². The molecule has 3 nitrogen and oxygen atoms in total. The number of carbonyl (C=O) groups excluding carboxylic acids is 1. The van der Waals surface area contributed by atoms with Crippen molar-refractivity contribution in [2.24, 2.45) is 23.7 Å². The Hall–Kier alpha value is -1.64. The van der Waals surface area contributed by atoms with Crippen LogP contribution in [0.1, 0.15) is 29.6 Å². The lowest BCUT2D eigenvalue weighted by molar-refractivity contribution is -0.144. The van der Waals surface area contributed by atoms with Gasteiger partial charge in [0, 0.05) is 11.5 Å². The summed E-state index contributed by atoms with van der Waals surface area (Å²) in [4.78, 5) is 23.9. The highest BCUT2D eigenvalue weighted by atomic mass is 16.4. The number of rotatable bonds is 3. The van der Waals surface area contributed by atoms with Crippen molar-refractivity contribution in [3.05, 3.63) is 35.9 Å². The van der Waals surface area contributed by atoms with Crippen molar-refractivity contribution >= 4 is 11.8 Å². The maximum Gasteiger partial charge on any atom is 0.307 e. The minimum Gasteiger partial charge on any atom is -0.481 e. The summed E-state index contributed by atoms with van der Waals surface area (Å²) in [6.07, 6.45) is 2.90. The maximum atomic E-state index is 12.5. The van der Waals surface area contributed by atoms with Crippen LogP contribution in [-0.4, -0.2) is 16.9 Å². The molecule has 2 saturated carbocycles. The van der Waals surface area contributed by atoms with E-state index in [1.54, 1.807) is 12.1 Å². The van der Waals surface area contributed by atoms with Crippen LogP contribution in [0.25, 0.3) is 0 Å². The van der Waals surface area contributed by atoms with E-state index < -0.39 is 11.9 Å². The number of ketones is 1. The molecule has 94 valence electrons. The zero-order chi connectivity index (χ0) is 12.7. The summed E-state index contributed by atoms with van der Waals surface area (Å²) in [5.74, 6) is -1.04. The summed E-state index contributed by atoms with van der Waals surface area (Å²) in [7, 11) is 0. The van der Waals surface area contributed by atoms with E-state index in [1.165, 1.54) is 0 Å². The van der Waals surface area contributed by atoms with Crippen LogP contribution in [0.2, 0.25) is 0 Å². The fourth-order valence-corrected chi connectivity index (χ4v) is 3.82. The number of hydrogen-bond donors (Lipinski definition) is 1. The molecule has 2 aliphatic rings. The first kappa shape index (κ1) is 11.5. The first-order valence-corrected chi connectivity index (χ1v) is 6.50. The third-order valence-electron chi connectivity index (χ3n) is 4.56. The van der Waals surface area contributed by atoms with Gasteiger partial charge in [-0.2, -0.15) is 0 Å². The first-order valence-electron chi connectivity index (χ1n) is 6.50. The Morgan fingerprint density at radius 3 is 2.22 bits per heavy atom. The molecule has 0 radical (unpaired) electrons. The molecule has 2 aliphatic carbocycles. The van der Waals surface area contributed by atoms with Gasteiger partial charge in [-0.15, -0.1) is 0 Å². The molecule has 1 aromatic carbocycles. The highest BCUT2D eigenvalue weighted by molar-refractivity contribution is 6.00. The Morgan fingerprint density at radius 1 is 1.00 bits per heavy atom. The highest BCUT2D eigenvalue weighted by Gasteiger charge is 2.53. The third-order valence-corrected chi connectivity index (χ3v) is 4.56. The summed E-state index contributed by atoms with van der Waals surface area (Å²) in [6, 6.07) is 9.10. The van der Waals surface area contributed by atoms with Gasteiger partial charge in [0.15, 0.2) is 5.78 Å². The summed E-state index contributed by atoms with van der Waals surface area (Å²) < 4.78 is 0. The Morgan fingerprint density at radius 2 is 1.61 bits per heavy atom. The van der Waals surface area contributed by atoms with Crippen LogP contribution in [0.15, 0.2) is 30.3 Å². The second kappa shape index (κ2) is 4.23. The van der Waals surface area contributed by atoms with Crippen molar-refractivity contribution in [3.63, 3.8) is 0 Å². The van der Waals surface area contributed by atoms with Crippen molar-refractivity contribution in [3.8, 4) is 0 Å². The minimum atomic E-state index is -0.795. The van der Waals surface area contributed by atoms with Crippen LogP contribution in [0.3, 0.4) is 0 Å². The number of benzene rings is 1. The largest absolute Gasteiger partial charge is 0.481 e. The molecule has 2 bridgehead atoms. The topological polar surface area (TPSA) is 54.4 Å². The van der Waals surface area contributed by atoms with Gasteiger partial charge >= 0.3 is 5.97 Å². The molecule has 0 spiro atoms. The smallest absolute Gasteiger partial charge is 0.307 e. The van der Waals surface area contributed by atoms with Gasteiger partial charge in [-0.3, -0.25) is 9.59 Å². The van der Waals surface area contributed by atoms with Gasteiger partial charge in [0.25, 0.3) is 0 Å². The van der Waals surface area contributed by atoms with Crippen molar-refractivity contribution in [2.75, 3.05) is 0 Å². The van der Waals surface area contributed by atoms with Gasteiger partial charge < -0.3 is 5.11 Å². The molecule has 0 aromatic heterocycles. The molecule has 4 atom stereocenters. The SMILES string of the molecule is O=C(O)[C@@H]1[C@H]2CC[C@@H](C2)[C@@H]1C(=O)c1ccccc1. The number of fused-ring (bicyclic) bond motifs is 2.